The van der Waals surface area contributed by atoms with Crippen molar-refractivity contribution in [3.63, 3.8) is 0 Å². The number of hydrogen-bond acceptors (Lipinski definition) is 6. The normalized spacial score (nSPS) is 23.4. The molecule has 50 heavy (non-hydrogen) atoms. The number of hydrogen-bond donors (Lipinski definition) is 0. The monoisotopic (exact) mass is 792 g/mol. The van der Waals surface area contributed by atoms with Crippen molar-refractivity contribution in [2.45, 2.75) is 48.9 Å². The molecule has 0 fully saturated rings. The van der Waals surface area contributed by atoms with Crippen LogP contribution in [0.3, 0.4) is 0 Å². The number of fused-ring (bicyclic) bond motifs is 2. The largest absolute Gasteiger partial charge is 0.494 e. The average molecular weight is 792 g/mol. The predicted molar refractivity (Wildman–Crippen MR) is 96.8 cm³/mol. The lowest BCUT2D eigenvalue weighted by Gasteiger charge is -2.34. The van der Waals surface area contributed by atoms with Gasteiger partial charge in [0.2, 0.25) is 69.5 Å². The van der Waals surface area contributed by atoms with Crippen LogP contribution in [0.5, 0.6) is 23.0 Å². The van der Waals surface area contributed by atoms with E-state index in [-0.39, 0.29) is 0 Å². The number of ether oxygens (including phenoxy) is 6. The van der Waals surface area contributed by atoms with Crippen molar-refractivity contribution >= 4 is 0 Å². The molecule has 0 saturated carbocycles. The van der Waals surface area contributed by atoms with E-state index in [1.165, 1.54) is 0 Å². The second kappa shape index (κ2) is 11.7. The average Bonchev–Trinajstić information content (AvgIpc) is 2.94. The van der Waals surface area contributed by atoms with E-state index in [0.29, 0.717) is 0 Å². The summed E-state index contributed by atoms with van der Waals surface area (Å²) >= 11 is 0. The molecule has 1 heterocycles. The standard InChI is InChI=1S/C20F24O6/c21-1-2(22)6(26)10-9(5(1)25)45-13(29,30)17(37,38)49-19(41,42)15(33,34)47-11-7(27)3(23)4(24)8(28)12(11)48-16(35,36)20(43,44)50-18(39,40)14(31,32)46-10. The van der Waals surface area contributed by atoms with E-state index in [4.69, 9.17) is 0 Å². The summed E-state index contributed by atoms with van der Waals surface area (Å²) in [6, 6.07) is 0. The fraction of sp³-hybridized carbons (Fsp3) is 0.400. The van der Waals surface area contributed by atoms with Crippen LogP contribution < -0.4 is 18.9 Å². The minimum absolute atomic E-state index is 1.70. The highest BCUT2D eigenvalue weighted by Crippen LogP contribution is 2.53. The van der Waals surface area contributed by atoms with Gasteiger partial charge in [0.05, 0.1) is 0 Å². The molecular formula is C20F24O6. The summed E-state index contributed by atoms with van der Waals surface area (Å²) in [5, 5.41) is 0. The van der Waals surface area contributed by atoms with E-state index >= 15 is 0 Å². The second-order valence-electron chi connectivity index (χ2n) is 8.57. The summed E-state index contributed by atoms with van der Waals surface area (Å²) in [6.45, 7) is 0. The lowest BCUT2D eigenvalue weighted by atomic mass is 10.2. The first-order valence-electron chi connectivity index (χ1n) is 11.0. The number of halogens is 24. The minimum atomic E-state index is -7.71. The Labute approximate surface area is 253 Å². The summed E-state index contributed by atoms with van der Waals surface area (Å²) in [5.41, 5.74) is 0. The lowest BCUT2D eigenvalue weighted by molar-refractivity contribution is -0.516. The first kappa shape index (κ1) is 40.3. The molecule has 0 saturated heterocycles. The van der Waals surface area contributed by atoms with Gasteiger partial charge in [-0.2, -0.15) is 87.8 Å². The molecule has 0 bridgehead atoms. The predicted octanol–water partition coefficient (Wildman–Crippen LogP) is 8.80. The summed E-state index contributed by atoms with van der Waals surface area (Å²) < 4.78 is 350. The lowest BCUT2D eigenvalue weighted by Crippen LogP contribution is -2.58. The molecule has 30 heteroatoms. The number of alkyl halides is 16. The van der Waals surface area contributed by atoms with Gasteiger partial charge in [-0.05, 0) is 0 Å². The molecule has 0 unspecified atom stereocenters. The maximum absolute atomic E-state index is 14.2. The smallest absolute Gasteiger partial charge is 0.419 e. The highest BCUT2D eigenvalue weighted by molar-refractivity contribution is 5.45. The maximum atomic E-state index is 14.2. The van der Waals surface area contributed by atoms with Crippen LogP contribution in [0.25, 0.3) is 0 Å². The second-order valence-corrected chi connectivity index (χ2v) is 8.57. The van der Waals surface area contributed by atoms with Gasteiger partial charge < -0.3 is 18.9 Å². The van der Waals surface area contributed by atoms with E-state index in [1.807, 2.05) is 0 Å². The Bertz CT molecular complexity index is 1440. The molecule has 0 aromatic heterocycles. The highest BCUT2D eigenvalue weighted by Gasteiger charge is 2.75. The zero-order chi connectivity index (χ0) is 39.2. The molecule has 0 aliphatic carbocycles. The van der Waals surface area contributed by atoms with Crippen LogP contribution in [0.4, 0.5) is 105 Å². The Hall–Kier alpha value is -4.12. The van der Waals surface area contributed by atoms with Crippen LogP contribution in [-0.2, 0) is 9.47 Å². The van der Waals surface area contributed by atoms with E-state index < -0.39 is 118 Å². The molecule has 1 aliphatic heterocycles. The Kier molecular flexibility index (Phi) is 9.45. The molecular weight excluding hydrogens is 792 g/mol. The Balaban J connectivity index is 2.44. The van der Waals surface area contributed by atoms with Gasteiger partial charge in [-0.15, -0.1) is 0 Å². The molecule has 2 aromatic carbocycles. The van der Waals surface area contributed by atoms with Crippen molar-refractivity contribution in [3.8, 4) is 23.0 Å². The van der Waals surface area contributed by atoms with Crippen molar-refractivity contribution in [1.82, 2.24) is 0 Å². The fourth-order valence-electron chi connectivity index (χ4n) is 2.86. The molecule has 0 amide bonds. The zero-order valence-electron chi connectivity index (χ0n) is 21.5. The first-order chi connectivity index (χ1) is 22.1. The summed E-state index contributed by atoms with van der Waals surface area (Å²) in [4.78, 5) is 0. The maximum Gasteiger partial charge on any atom is 0.494 e. The third kappa shape index (κ3) is 6.45. The molecule has 1 aliphatic rings. The third-order valence-corrected chi connectivity index (χ3v) is 5.16. The van der Waals surface area contributed by atoms with Gasteiger partial charge in [0.15, 0.2) is 0 Å². The summed E-state index contributed by atoms with van der Waals surface area (Å²) in [5.74, 6) is -45.8. The molecule has 0 spiro atoms. The quantitative estimate of drug-likeness (QED) is 0.151. The van der Waals surface area contributed by atoms with Crippen molar-refractivity contribution in [3.05, 3.63) is 46.5 Å². The molecule has 3 rings (SSSR count). The Morgan fingerprint density at radius 1 is 0.220 bits per heavy atom. The van der Waals surface area contributed by atoms with Crippen molar-refractivity contribution in [1.29, 1.82) is 0 Å². The van der Waals surface area contributed by atoms with Crippen LogP contribution in [0, 0.1) is 46.5 Å². The summed E-state index contributed by atoms with van der Waals surface area (Å²) in [7, 11) is 0. The molecule has 284 valence electrons. The minimum Gasteiger partial charge on any atom is -0.419 e. The molecule has 0 N–H and O–H groups in total. The van der Waals surface area contributed by atoms with Crippen molar-refractivity contribution in [2.75, 3.05) is 0 Å². The molecule has 2 aromatic rings. The fourth-order valence-corrected chi connectivity index (χ4v) is 2.86. The molecule has 6 nitrogen and oxygen atoms in total. The topological polar surface area (TPSA) is 55.4 Å². The van der Waals surface area contributed by atoms with Crippen LogP contribution in [0.1, 0.15) is 0 Å². The van der Waals surface area contributed by atoms with Gasteiger partial charge in [0.25, 0.3) is 0 Å². The van der Waals surface area contributed by atoms with Crippen LogP contribution in [0.15, 0.2) is 0 Å². The van der Waals surface area contributed by atoms with Gasteiger partial charge >= 0.3 is 48.9 Å². The first-order valence-corrected chi connectivity index (χ1v) is 11.0. The van der Waals surface area contributed by atoms with Gasteiger partial charge in [0.1, 0.15) is 0 Å². The highest BCUT2D eigenvalue weighted by atomic mass is 19.4. The van der Waals surface area contributed by atoms with Gasteiger partial charge in [-0.25, -0.2) is 27.0 Å². The van der Waals surface area contributed by atoms with Gasteiger partial charge in [0, 0.05) is 0 Å². The SMILES string of the molecule is Fc1c(F)c(F)c2c(c1F)OC(F)(F)C(F)(F)OC(F)(F)C(F)(F)Oc1c(F)c(F)c(F)c(F)c1OC(F)(F)C(F)(F)OC(F)(F)C(F)(F)O2. The van der Waals surface area contributed by atoms with E-state index in [1.54, 1.807) is 9.47 Å². The molecule has 0 atom stereocenters. The van der Waals surface area contributed by atoms with Gasteiger partial charge in [-0.3, -0.25) is 0 Å². The van der Waals surface area contributed by atoms with Gasteiger partial charge in [-0.1, -0.05) is 0 Å². The van der Waals surface area contributed by atoms with E-state index in [9.17, 15) is 105 Å². The molecule has 0 radical (unpaired) electrons. The van der Waals surface area contributed by atoms with Crippen LogP contribution >= 0.6 is 0 Å². The number of rotatable bonds is 0. The van der Waals surface area contributed by atoms with Crippen LogP contribution in [-0.4, -0.2) is 48.9 Å². The summed E-state index contributed by atoms with van der Waals surface area (Å²) in [6.07, 6.45) is -61.0. The Morgan fingerprint density at radius 3 is 0.500 bits per heavy atom. The third-order valence-electron chi connectivity index (χ3n) is 5.16. The van der Waals surface area contributed by atoms with E-state index in [0.717, 1.165) is 0 Å². The van der Waals surface area contributed by atoms with E-state index in [2.05, 4.69) is 18.9 Å². The van der Waals surface area contributed by atoms with Crippen molar-refractivity contribution in [2.24, 2.45) is 0 Å². The number of benzene rings is 2. The van der Waals surface area contributed by atoms with Crippen LogP contribution in [0.2, 0.25) is 0 Å². The Morgan fingerprint density at radius 2 is 0.360 bits per heavy atom. The van der Waals surface area contributed by atoms with Crippen molar-refractivity contribution < 1.29 is 134 Å². The zero-order valence-corrected chi connectivity index (χ0v) is 21.5.